The van der Waals surface area contributed by atoms with Crippen molar-refractivity contribution in [3.63, 3.8) is 0 Å². The second kappa shape index (κ2) is 6.16. The van der Waals surface area contributed by atoms with Crippen molar-refractivity contribution >= 4 is 0 Å². The van der Waals surface area contributed by atoms with Crippen LogP contribution in [0.1, 0.15) is 31.4 Å². The molecule has 1 aromatic rings. The van der Waals surface area contributed by atoms with Gasteiger partial charge in [-0.1, -0.05) is 6.07 Å². The first-order chi connectivity index (χ1) is 8.66. The number of ether oxygens (including phenoxy) is 2. The summed E-state index contributed by atoms with van der Waals surface area (Å²) in [6, 6.07) is 4.76. The SMILES string of the molecule is C[C@H](N)c1ccc(OCC2CCOCC2)c(F)c1. The minimum absolute atomic E-state index is 0.163. The summed E-state index contributed by atoms with van der Waals surface area (Å²) in [7, 11) is 0. The minimum Gasteiger partial charge on any atom is -0.490 e. The van der Waals surface area contributed by atoms with Crippen LogP contribution in [0.25, 0.3) is 0 Å². The van der Waals surface area contributed by atoms with Crippen molar-refractivity contribution in [1.82, 2.24) is 0 Å². The zero-order valence-corrected chi connectivity index (χ0v) is 10.7. The van der Waals surface area contributed by atoms with Gasteiger partial charge < -0.3 is 15.2 Å². The highest BCUT2D eigenvalue weighted by atomic mass is 19.1. The topological polar surface area (TPSA) is 44.5 Å². The van der Waals surface area contributed by atoms with Gasteiger partial charge in [-0.3, -0.25) is 0 Å². The van der Waals surface area contributed by atoms with Gasteiger partial charge >= 0.3 is 0 Å². The van der Waals surface area contributed by atoms with Crippen LogP contribution >= 0.6 is 0 Å². The van der Waals surface area contributed by atoms with E-state index in [-0.39, 0.29) is 11.9 Å². The van der Waals surface area contributed by atoms with Crippen molar-refractivity contribution in [2.24, 2.45) is 11.7 Å². The standard InChI is InChI=1S/C14H20FNO2/c1-10(16)12-2-3-14(13(15)8-12)18-9-11-4-6-17-7-5-11/h2-3,8,10-11H,4-7,9,16H2,1H3/t10-/m0/s1. The molecule has 2 N–H and O–H groups in total. The molecule has 1 heterocycles. The summed E-state index contributed by atoms with van der Waals surface area (Å²) in [5.41, 5.74) is 6.49. The van der Waals surface area contributed by atoms with E-state index in [1.807, 2.05) is 13.0 Å². The highest BCUT2D eigenvalue weighted by Crippen LogP contribution is 2.23. The highest BCUT2D eigenvalue weighted by Gasteiger charge is 2.15. The lowest BCUT2D eigenvalue weighted by Crippen LogP contribution is -2.21. The Hall–Kier alpha value is -1.13. The fourth-order valence-corrected chi connectivity index (χ4v) is 2.04. The van der Waals surface area contributed by atoms with Crippen molar-refractivity contribution in [2.45, 2.75) is 25.8 Å². The van der Waals surface area contributed by atoms with Gasteiger partial charge in [-0.15, -0.1) is 0 Å². The maximum atomic E-state index is 13.8. The van der Waals surface area contributed by atoms with Gasteiger partial charge in [0.05, 0.1) is 6.61 Å². The summed E-state index contributed by atoms with van der Waals surface area (Å²) in [5.74, 6) is 0.439. The third-order valence-corrected chi connectivity index (χ3v) is 3.30. The number of benzene rings is 1. The Labute approximate surface area is 107 Å². The zero-order valence-electron chi connectivity index (χ0n) is 10.7. The Morgan fingerprint density at radius 3 is 2.78 bits per heavy atom. The lowest BCUT2D eigenvalue weighted by Gasteiger charge is -2.22. The molecule has 0 bridgehead atoms. The molecule has 4 heteroatoms. The molecule has 1 aliphatic rings. The van der Waals surface area contributed by atoms with Crippen LogP contribution in [0.2, 0.25) is 0 Å². The number of nitrogens with two attached hydrogens (primary N) is 1. The Bertz CT molecular complexity index is 389. The molecule has 0 radical (unpaired) electrons. The first-order valence-electron chi connectivity index (χ1n) is 6.42. The molecule has 1 fully saturated rings. The quantitative estimate of drug-likeness (QED) is 0.897. The first kappa shape index (κ1) is 13.3. The Balaban J connectivity index is 1.92. The van der Waals surface area contributed by atoms with Crippen LogP contribution in [-0.2, 0) is 4.74 Å². The van der Waals surface area contributed by atoms with E-state index in [9.17, 15) is 4.39 Å². The van der Waals surface area contributed by atoms with E-state index in [2.05, 4.69) is 0 Å². The molecule has 0 aliphatic carbocycles. The second-order valence-electron chi connectivity index (χ2n) is 4.85. The zero-order chi connectivity index (χ0) is 13.0. The van der Waals surface area contributed by atoms with Crippen molar-refractivity contribution in [1.29, 1.82) is 0 Å². The molecule has 1 atom stereocenters. The predicted octanol–water partition coefficient (Wildman–Crippen LogP) is 2.65. The van der Waals surface area contributed by atoms with E-state index in [0.717, 1.165) is 31.6 Å². The molecular formula is C14H20FNO2. The Morgan fingerprint density at radius 1 is 1.44 bits per heavy atom. The molecule has 18 heavy (non-hydrogen) atoms. The molecule has 1 aromatic carbocycles. The summed E-state index contributed by atoms with van der Waals surface area (Å²) in [6.07, 6.45) is 1.97. The predicted molar refractivity (Wildman–Crippen MR) is 68.0 cm³/mol. The first-order valence-corrected chi connectivity index (χ1v) is 6.42. The Morgan fingerprint density at radius 2 is 2.17 bits per heavy atom. The third kappa shape index (κ3) is 3.43. The van der Waals surface area contributed by atoms with Gasteiger partial charge in [0.15, 0.2) is 11.6 Å². The minimum atomic E-state index is -0.336. The summed E-state index contributed by atoms with van der Waals surface area (Å²) in [5, 5.41) is 0. The van der Waals surface area contributed by atoms with E-state index in [0.29, 0.717) is 18.3 Å². The van der Waals surface area contributed by atoms with Crippen molar-refractivity contribution in [2.75, 3.05) is 19.8 Å². The number of hydrogen-bond acceptors (Lipinski definition) is 3. The van der Waals surface area contributed by atoms with Gasteiger partial charge in [-0.05, 0) is 43.4 Å². The fourth-order valence-electron chi connectivity index (χ4n) is 2.04. The molecular weight excluding hydrogens is 233 g/mol. The van der Waals surface area contributed by atoms with Crippen LogP contribution in [0.5, 0.6) is 5.75 Å². The molecule has 0 aromatic heterocycles. The molecule has 0 saturated carbocycles. The smallest absolute Gasteiger partial charge is 0.165 e. The van der Waals surface area contributed by atoms with Crippen LogP contribution in [0.3, 0.4) is 0 Å². The van der Waals surface area contributed by atoms with E-state index in [4.69, 9.17) is 15.2 Å². The lowest BCUT2D eigenvalue weighted by atomic mass is 10.0. The molecule has 2 rings (SSSR count). The van der Waals surface area contributed by atoms with Crippen LogP contribution in [-0.4, -0.2) is 19.8 Å². The average molecular weight is 253 g/mol. The van der Waals surface area contributed by atoms with Gasteiger partial charge in [0.25, 0.3) is 0 Å². The number of hydrogen-bond donors (Lipinski definition) is 1. The van der Waals surface area contributed by atoms with Crippen molar-refractivity contribution in [3.05, 3.63) is 29.6 Å². The summed E-state index contributed by atoms with van der Waals surface area (Å²) < 4.78 is 24.6. The van der Waals surface area contributed by atoms with Gasteiger partial charge in [0.1, 0.15) is 0 Å². The van der Waals surface area contributed by atoms with Crippen LogP contribution in [0.15, 0.2) is 18.2 Å². The van der Waals surface area contributed by atoms with Crippen molar-refractivity contribution < 1.29 is 13.9 Å². The lowest BCUT2D eigenvalue weighted by molar-refractivity contribution is 0.0491. The van der Waals surface area contributed by atoms with Gasteiger partial charge in [-0.25, -0.2) is 4.39 Å². The molecule has 0 unspecified atom stereocenters. The normalized spacial score (nSPS) is 18.6. The average Bonchev–Trinajstić information content (AvgIpc) is 2.38. The molecule has 0 amide bonds. The van der Waals surface area contributed by atoms with E-state index in [1.54, 1.807) is 6.07 Å². The maximum absolute atomic E-state index is 13.8. The molecule has 0 spiro atoms. The van der Waals surface area contributed by atoms with Crippen LogP contribution in [0.4, 0.5) is 4.39 Å². The molecule has 1 aliphatic heterocycles. The fraction of sp³-hybridized carbons (Fsp3) is 0.571. The summed E-state index contributed by atoms with van der Waals surface area (Å²) in [6.45, 7) is 3.94. The van der Waals surface area contributed by atoms with E-state index >= 15 is 0 Å². The monoisotopic (exact) mass is 253 g/mol. The largest absolute Gasteiger partial charge is 0.490 e. The van der Waals surface area contributed by atoms with Gasteiger partial charge in [0.2, 0.25) is 0 Å². The van der Waals surface area contributed by atoms with Gasteiger partial charge in [-0.2, -0.15) is 0 Å². The third-order valence-electron chi connectivity index (χ3n) is 3.30. The van der Waals surface area contributed by atoms with Gasteiger partial charge in [0, 0.05) is 19.3 Å². The molecule has 3 nitrogen and oxygen atoms in total. The van der Waals surface area contributed by atoms with E-state index in [1.165, 1.54) is 6.07 Å². The van der Waals surface area contributed by atoms with Crippen LogP contribution < -0.4 is 10.5 Å². The van der Waals surface area contributed by atoms with Crippen LogP contribution in [0, 0.1) is 11.7 Å². The summed E-state index contributed by atoms with van der Waals surface area (Å²) >= 11 is 0. The Kier molecular flexibility index (Phi) is 4.55. The highest BCUT2D eigenvalue weighted by molar-refractivity contribution is 5.30. The van der Waals surface area contributed by atoms with Crippen molar-refractivity contribution in [3.8, 4) is 5.75 Å². The summed E-state index contributed by atoms with van der Waals surface area (Å²) in [4.78, 5) is 0. The van der Waals surface area contributed by atoms with E-state index < -0.39 is 0 Å². The maximum Gasteiger partial charge on any atom is 0.165 e. The number of halogens is 1. The molecule has 1 saturated heterocycles. The molecule has 100 valence electrons. The number of rotatable bonds is 4. The second-order valence-corrected chi connectivity index (χ2v) is 4.85.